The number of likely N-dealkylation sites (tertiary alicyclic amines) is 1. The molecule has 2 saturated heterocycles. The maximum atomic E-state index is 14.9. The highest BCUT2D eigenvalue weighted by atomic mass is 16.6. The maximum absolute atomic E-state index is 14.9. The van der Waals surface area contributed by atoms with Gasteiger partial charge in [0.2, 0.25) is 17.7 Å². The minimum absolute atomic E-state index is 0.0137. The summed E-state index contributed by atoms with van der Waals surface area (Å²) in [6.45, 7) is 8.86. The lowest BCUT2D eigenvalue weighted by atomic mass is 9.47. The number of nitrogens with two attached hydrogens (primary N) is 1. The van der Waals surface area contributed by atoms with Crippen LogP contribution in [0.1, 0.15) is 91.9 Å². The van der Waals surface area contributed by atoms with Crippen LogP contribution in [0.3, 0.4) is 0 Å². The highest BCUT2D eigenvalue weighted by Crippen LogP contribution is 2.62. The number of hydrogen-bond donors (Lipinski definition) is 4. The van der Waals surface area contributed by atoms with Crippen LogP contribution < -0.4 is 21.7 Å². The molecule has 234 valence electrons. The summed E-state index contributed by atoms with van der Waals surface area (Å²) in [6, 6.07) is -1.23. The molecule has 10 nitrogen and oxygen atoms in total. The molecular formula is C32H51N5O5. The smallest absolute Gasteiger partial charge is 0.408 e. The molecule has 5 saturated carbocycles. The van der Waals surface area contributed by atoms with Crippen molar-refractivity contribution in [2.24, 2.45) is 46.7 Å². The zero-order valence-electron chi connectivity index (χ0n) is 25.8. The van der Waals surface area contributed by atoms with Crippen molar-refractivity contribution in [2.75, 3.05) is 13.1 Å². The molecule has 42 heavy (non-hydrogen) atoms. The Kier molecular flexibility index (Phi) is 7.76. The fourth-order valence-electron chi connectivity index (χ4n) is 10.4. The van der Waals surface area contributed by atoms with Crippen molar-refractivity contribution in [3.05, 3.63) is 0 Å². The van der Waals surface area contributed by atoms with Crippen LogP contribution in [0.15, 0.2) is 0 Å². The van der Waals surface area contributed by atoms with Crippen molar-refractivity contribution in [3.8, 4) is 0 Å². The number of amides is 4. The molecule has 2 unspecified atom stereocenters. The van der Waals surface area contributed by atoms with E-state index < -0.39 is 29.7 Å². The average molecular weight is 586 g/mol. The minimum Gasteiger partial charge on any atom is -0.444 e. The number of alkyl carbamates (subject to hydrolysis) is 1. The Hall–Kier alpha value is -2.36. The Bertz CT molecular complexity index is 1070. The highest BCUT2D eigenvalue weighted by molar-refractivity contribution is 5.88. The fraction of sp³-hybridized carbons (Fsp3) is 0.875. The summed E-state index contributed by atoms with van der Waals surface area (Å²) < 4.78 is 5.71. The van der Waals surface area contributed by atoms with Gasteiger partial charge < -0.3 is 31.3 Å². The molecule has 7 atom stereocenters. The summed E-state index contributed by atoms with van der Waals surface area (Å²) in [5, 5.41) is 9.37. The van der Waals surface area contributed by atoms with E-state index in [0.29, 0.717) is 55.5 Å². The number of hydrogen-bond acceptors (Lipinski definition) is 6. The summed E-state index contributed by atoms with van der Waals surface area (Å²) in [5.41, 5.74) is 4.90. The monoisotopic (exact) mass is 585 g/mol. The first kappa shape index (κ1) is 29.7. The van der Waals surface area contributed by atoms with E-state index >= 15 is 0 Å². The normalized spacial score (nSPS) is 39.7. The van der Waals surface area contributed by atoms with Crippen molar-refractivity contribution in [1.29, 1.82) is 0 Å². The second-order valence-corrected chi connectivity index (χ2v) is 15.8. The van der Waals surface area contributed by atoms with E-state index in [1.807, 2.05) is 20.8 Å². The Morgan fingerprint density at radius 3 is 2.26 bits per heavy atom. The van der Waals surface area contributed by atoms with E-state index in [0.717, 1.165) is 32.1 Å². The van der Waals surface area contributed by atoms with Crippen LogP contribution in [0, 0.1) is 40.9 Å². The van der Waals surface area contributed by atoms with E-state index in [4.69, 9.17) is 10.5 Å². The number of carbonyl (C=O) groups excluding carboxylic acids is 4. The van der Waals surface area contributed by atoms with Gasteiger partial charge in [0.25, 0.3) is 0 Å². The first-order chi connectivity index (χ1) is 19.8. The van der Waals surface area contributed by atoms with Crippen LogP contribution in [0.2, 0.25) is 0 Å². The SMILES string of the molecule is CC1C[C@@H]2C[C@H]1C(CN[C@@H](C[C@@H]1CCNC1=O)C(N)=O)N2C(=O)[C@@H](NC(=O)OC(C)(C)C)C12CC3CC(CC(C3)C1)C2. The Morgan fingerprint density at radius 1 is 1.07 bits per heavy atom. The molecule has 0 aromatic heterocycles. The van der Waals surface area contributed by atoms with Gasteiger partial charge in [0.15, 0.2) is 0 Å². The molecular weight excluding hydrogens is 534 g/mol. The van der Waals surface area contributed by atoms with Gasteiger partial charge in [-0.3, -0.25) is 14.4 Å². The molecule has 0 aromatic carbocycles. The minimum atomic E-state index is -0.659. The van der Waals surface area contributed by atoms with Crippen LogP contribution in [0.4, 0.5) is 4.79 Å². The predicted octanol–water partition coefficient (Wildman–Crippen LogP) is 2.69. The summed E-state index contributed by atoms with van der Waals surface area (Å²) in [4.78, 5) is 54.8. The van der Waals surface area contributed by atoms with Crippen LogP contribution in [-0.4, -0.2) is 71.6 Å². The maximum Gasteiger partial charge on any atom is 0.408 e. The molecule has 6 bridgehead atoms. The second-order valence-electron chi connectivity index (χ2n) is 15.8. The number of piperidine rings is 1. The van der Waals surface area contributed by atoms with Crippen molar-refractivity contribution >= 4 is 23.8 Å². The third kappa shape index (κ3) is 5.64. The molecule has 0 aromatic rings. The average Bonchev–Trinajstić information content (AvgIpc) is 3.56. The molecule has 5 aliphatic carbocycles. The van der Waals surface area contributed by atoms with Gasteiger partial charge in [-0.2, -0.15) is 0 Å². The molecule has 4 amide bonds. The first-order valence-corrected chi connectivity index (χ1v) is 16.4. The predicted molar refractivity (Wildman–Crippen MR) is 157 cm³/mol. The quantitative estimate of drug-likeness (QED) is 0.328. The number of nitrogens with one attached hydrogen (secondary N) is 3. The van der Waals surface area contributed by atoms with Gasteiger partial charge in [0, 0.05) is 36.5 Å². The topological polar surface area (TPSA) is 143 Å². The number of nitrogens with zero attached hydrogens (tertiary/aromatic N) is 1. The van der Waals surface area contributed by atoms with E-state index in [1.54, 1.807) is 0 Å². The zero-order chi connectivity index (χ0) is 30.0. The van der Waals surface area contributed by atoms with Gasteiger partial charge in [0.1, 0.15) is 11.6 Å². The number of ether oxygens (including phenoxy) is 1. The second kappa shape index (κ2) is 11.0. The van der Waals surface area contributed by atoms with E-state index in [-0.39, 0.29) is 35.2 Å². The Labute approximate surface area is 250 Å². The molecule has 2 heterocycles. The van der Waals surface area contributed by atoms with Crippen molar-refractivity contribution in [3.63, 3.8) is 0 Å². The number of rotatable bonds is 9. The van der Waals surface area contributed by atoms with Crippen LogP contribution in [0.25, 0.3) is 0 Å². The number of carbonyl (C=O) groups is 4. The lowest BCUT2D eigenvalue weighted by molar-refractivity contribution is -0.150. The third-order valence-electron chi connectivity index (χ3n) is 11.6. The lowest BCUT2D eigenvalue weighted by Crippen LogP contribution is -2.65. The lowest BCUT2D eigenvalue weighted by Gasteiger charge is -2.59. The molecule has 2 aliphatic heterocycles. The molecule has 10 heteroatoms. The molecule has 7 fully saturated rings. The summed E-state index contributed by atoms with van der Waals surface area (Å²) in [6.07, 6.45) is 9.13. The number of primary amides is 1. The van der Waals surface area contributed by atoms with E-state index in [1.165, 1.54) is 19.3 Å². The highest BCUT2D eigenvalue weighted by Gasteiger charge is 2.60. The molecule has 0 radical (unpaired) electrons. The Morgan fingerprint density at radius 2 is 1.71 bits per heavy atom. The Balaban J connectivity index is 1.24. The van der Waals surface area contributed by atoms with Crippen LogP contribution >= 0.6 is 0 Å². The standard InChI is InChI=1S/C32H51N5O5/c1-17-7-22-12-23(17)25(16-35-24(27(33)38)11-21-5-6-34-28(21)39)37(22)29(40)26(36-30(41)42-31(2,3)4)32-13-18-8-19(14-32)10-20(9-18)15-32/h17-26,35H,5-16H2,1-4H3,(H2,33,38)(H,34,39)(H,36,41)/t17?,18?,19?,20?,21-,22+,23+,24-,25?,26+,32?/m0/s1. The summed E-state index contributed by atoms with van der Waals surface area (Å²) in [7, 11) is 0. The first-order valence-electron chi connectivity index (χ1n) is 16.4. The van der Waals surface area contributed by atoms with Gasteiger partial charge in [-0.15, -0.1) is 0 Å². The van der Waals surface area contributed by atoms with Crippen molar-refractivity contribution < 1.29 is 23.9 Å². The molecule has 0 spiro atoms. The zero-order valence-corrected chi connectivity index (χ0v) is 25.8. The van der Waals surface area contributed by atoms with Gasteiger partial charge in [0.05, 0.1) is 6.04 Å². The van der Waals surface area contributed by atoms with Gasteiger partial charge in [-0.05, 0) is 115 Å². The summed E-state index contributed by atoms with van der Waals surface area (Å²) >= 11 is 0. The van der Waals surface area contributed by atoms with E-state index in [2.05, 4.69) is 27.8 Å². The van der Waals surface area contributed by atoms with Crippen LogP contribution in [0.5, 0.6) is 0 Å². The fourth-order valence-corrected chi connectivity index (χ4v) is 10.4. The van der Waals surface area contributed by atoms with Gasteiger partial charge in [-0.1, -0.05) is 6.92 Å². The van der Waals surface area contributed by atoms with Gasteiger partial charge in [-0.25, -0.2) is 4.79 Å². The van der Waals surface area contributed by atoms with Crippen LogP contribution in [-0.2, 0) is 19.1 Å². The third-order valence-corrected chi connectivity index (χ3v) is 11.6. The molecule has 5 N–H and O–H groups in total. The number of fused-ring (bicyclic) bond motifs is 2. The molecule has 7 aliphatic rings. The van der Waals surface area contributed by atoms with Gasteiger partial charge >= 0.3 is 6.09 Å². The molecule has 7 rings (SSSR count). The van der Waals surface area contributed by atoms with Crippen molar-refractivity contribution in [2.45, 2.75) is 122 Å². The van der Waals surface area contributed by atoms with Crippen molar-refractivity contribution in [1.82, 2.24) is 20.9 Å². The largest absolute Gasteiger partial charge is 0.444 e. The van der Waals surface area contributed by atoms with E-state index in [9.17, 15) is 19.2 Å². The summed E-state index contributed by atoms with van der Waals surface area (Å²) in [5.74, 6) is 1.95.